The molecule has 7 heteroatoms. The maximum atomic E-state index is 13.7. The smallest absolute Gasteiger partial charge is 0.303 e. The lowest BCUT2D eigenvalue weighted by Gasteiger charge is -2.29. The van der Waals surface area contributed by atoms with E-state index in [9.17, 15) is 13.7 Å². The quantitative estimate of drug-likeness (QED) is 0.231. The lowest BCUT2D eigenvalue weighted by Crippen LogP contribution is -2.28. The molecule has 3 unspecified atom stereocenters. The molecule has 0 radical (unpaired) electrons. The van der Waals surface area contributed by atoms with Crippen molar-refractivity contribution in [1.29, 1.82) is 0 Å². The van der Waals surface area contributed by atoms with Crippen molar-refractivity contribution >= 4 is 17.3 Å². The van der Waals surface area contributed by atoms with Gasteiger partial charge in [-0.3, -0.25) is 4.79 Å². The van der Waals surface area contributed by atoms with Crippen LogP contribution in [0.2, 0.25) is 0 Å². The summed E-state index contributed by atoms with van der Waals surface area (Å²) in [6.45, 7) is 3.45. The van der Waals surface area contributed by atoms with Gasteiger partial charge < -0.3 is 14.4 Å². The first-order valence-corrected chi connectivity index (χ1v) is 12.3. The molecule has 0 aromatic rings. The van der Waals surface area contributed by atoms with Crippen molar-refractivity contribution in [3.8, 4) is 0 Å². The Morgan fingerprint density at radius 2 is 2.28 bits per heavy atom. The summed E-state index contributed by atoms with van der Waals surface area (Å²) in [5.41, 5.74) is 2.02. The fourth-order valence-corrected chi connectivity index (χ4v) is 6.09. The summed E-state index contributed by atoms with van der Waals surface area (Å²) < 4.78 is 34.2. The molecule has 1 heterocycles. The molecular weight excluding hydrogens is 429 g/mol. The first-order chi connectivity index (χ1) is 15.4. The van der Waals surface area contributed by atoms with E-state index in [-0.39, 0.29) is 12.3 Å². The van der Waals surface area contributed by atoms with Crippen LogP contribution < -0.4 is 0 Å². The number of carboxylic acid groups (broad SMARTS) is 1. The van der Waals surface area contributed by atoms with Crippen LogP contribution in [0.1, 0.15) is 57.8 Å². The Kier molecular flexibility index (Phi) is 8.82. The monoisotopic (exact) mass is 461 g/mol. The van der Waals surface area contributed by atoms with Crippen molar-refractivity contribution < 1.29 is 23.6 Å². The van der Waals surface area contributed by atoms with Crippen LogP contribution in [0.5, 0.6) is 0 Å². The van der Waals surface area contributed by atoms with Gasteiger partial charge in [0.2, 0.25) is 0 Å². The van der Waals surface area contributed by atoms with Gasteiger partial charge in [-0.05, 0) is 68.2 Å². The zero-order valence-electron chi connectivity index (χ0n) is 18.6. The average Bonchev–Trinajstić information content (AvgIpc) is 3.18. The minimum absolute atomic E-state index is 0.0783. The second kappa shape index (κ2) is 11.6. The van der Waals surface area contributed by atoms with Crippen LogP contribution in [0.25, 0.3) is 0 Å². The third-order valence-corrected chi connectivity index (χ3v) is 7.75. The Bertz CT molecular complexity index is 873. The summed E-state index contributed by atoms with van der Waals surface area (Å²) in [5.74, 6) is -0.392. The zero-order valence-corrected chi connectivity index (χ0v) is 19.4. The fourth-order valence-electron chi connectivity index (χ4n) is 4.58. The van der Waals surface area contributed by atoms with Crippen molar-refractivity contribution in [3.05, 3.63) is 70.9 Å². The molecule has 1 N–H and O–H groups in total. The summed E-state index contributed by atoms with van der Waals surface area (Å²) in [5, 5.41) is 9.07. The molecule has 2 aliphatic carbocycles. The van der Waals surface area contributed by atoms with Gasteiger partial charge in [-0.2, -0.15) is 4.31 Å². The number of aliphatic carboxylic acids is 1. The average molecular weight is 462 g/mol. The van der Waals surface area contributed by atoms with E-state index in [2.05, 4.69) is 18.7 Å². The Balaban J connectivity index is 1.62. The number of rotatable bonds is 11. The number of nitrogens with zero attached hydrogens (tertiary/aromatic N) is 1. The topological polar surface area (TPSA) is 72.8 Å². The summed E-state index contributed by atoms with van der Waals surface area (Å²) in [7, 11) is 1.47. The van der Waals surface area contributed by atoms with E-state index in [4.69, 9.17) is 9.84 Å². The van der Waals surface area contributed by atoms with Gasteiger partial charge in [-0.15, -0.1) is 0 Å². The van der Waals surface area contributed by atoms with Gasteiger partial charge in [-0.25, -0.2) is 4.39 Å². The lowest BCUT2D eigenvalue weighted by atomic mass is 9.89. The number of carbonyl (C=O) groups is 1. The second-order valence-corrected chi connectivity index (χ2v) is 9.79. The van der Waals surface area contributed by atoms with Crippen molar-refractivity contribution in [3.63, 3.8) is 0 Å². The third kappa shape index (κ3) is 5.95. The van der Waals surface area contributed by atoms with Gasteiger partial charge in [0.05, 0.1) is 19.0 Å². The number of allylic oxidation sites excluding steroid dienone is 9. The number of carboxylic acids is 1. The van der Waals surface area contributed by atoms with Crippen LogP contribution in [0.15, 0.2) is 70.9 Å². The Hall–Kier alpha value is -2.25. The molecule has 0 fully saturated rings. The van der Waals surface area contributed by atoms with Crippen LogP contribution in [0.3, 0.4) is 0 Å². The Morgan fingerprint density at radius 3 is 3.00 bits per heavy atom. The van der Waals surface area contributed by atoms with E-state index >= 15 is 0 Å². The summed E-state index contributed by atoms with van der Waals surface area (Å²) >= 11 is -1.32. The van der Waals surface area contributed by atoms with Crippen LogP contribution in [0.4, 0.5) is 4.39 Å². The normalized spacial score (nSPS) is 24.1. The molecule has 0 bridgehead atoms. The molecule has 32 heavy (non-hydrogen) atoms. The SMILES string of the molecule is C=C/C(F)=C(\CCCC1CCC=C([S+]([O-])N2C=C(CCC(=O)O)C3CC=CC=C32)C1)OC. The third-order valence-electron chi connectivity index (χ3n) is 6.29. The van der Waals surface area contributed by atoms with Gasteiger partial charge in [0, 0.05) is 25.2 Å². The molecule has 3 rings (SSSR count). The van der Waals surface area contributed by atoms with E-state index in [0.29, 0.717) is 24.5 Å². The minimum Gasteiger partial charge on any atom is -0.588 e. The molecule has 0 saturated heterocycles. The Morgan fingerprint density at radius 1 is 1.47 bits per heavy atom. The van der Waals surface area contributed by atoms with Gasteiger partial charge in [-0.1, -0.05) is 18.7 Å². The molecule has 0 spiro atoms. The van der Waals surface area contributed by atoms with Crippen LogP contribution in [0, 0.1) is 11.8 Å². The highest BCUT2D eigenvalue weighted by atomic mass is 32.2. The van der Waals surface area contributed by atoms with Crippen LogP contribution >= 0.6 is 0 Å². The number of hydrogen-bond donors (Lipinski definition) is 1. The van der Waals surface area contributed by atoms with Crippen molar-refractivity contribution in [1.82, 2.24) is 4.31 Å². The second-order valence-electron chi connectivity index (χ2n) is 8.37. The molecule has 174 valence electrons. The first kappa shape index (κ1) is 24.4. The number of methoxy groups -OCH3 is 1. The highest BCUT2D eigenvalue weighted by Gasteiger charge is 2.39. The van der Waals surface area contributed by atoms with Gasteiger partial charge >= 0.3 is 5.97 Å². The molecule has 1 aliphatic heterocycles. The van der Waals surface area contributed by atoms with E-state index < -0.39 is 23.2 Å². The van der Waals surface area contributed by atoms with E-state index in [1.165, 1.54) is 13.2 Å². The number of ether oxygens (including phenoxy) is 1. The molecule has 0 aromatic carbocycles. The largest absolute Gasteiger partial charge is 0.588 e. The molecule has 3 atom stereocenters. The zero-order chi connectivity index (χ0) is 23.1. The van der Waals surface area contributed by atoms with Crippen molar-refractivity contribution in [2.45, 2.75) is 57.8 Å². The van der Waals surface area contributed by atoms with E-state index in [0.717, 1.165) is 54.7 Å². The van der Waals surface area contributed by atoms with Crippen molar-refractivity contribution in [2.75, 3.05) is 7.11 Å². The maximum absolute atomic E-state index is 13.7. The highest BCUT2D eigenvalue weighted by molar-refractivity contribution is 7.93. The molecule has 0 amide bonds. The lowest BCUT2D eigenvalue weighted by molar-refractivity contribution is -0.136. The number of halogens is 1. The van der Waals surface area contributed by atoms with Crippen LogP contribution in [-0.2, 0) is 20.9 Å². The maximum Gasteiger partial charge on any atom is 0.303 e. The number of hydrogen-bond acceptors (Lipinski definition) is 4. The summed E-state index contributed by atoms with van der Waals surface area (Å²) in [6, 6.07) is 0. The van der Waals surface area contributed by atoms with E-state index in [1.54, 1.807) is 0 Å². The molecular formula is C25H32FNO4S. The highest BCUT2D eigenvalue weighted by Crippen LogP contribution is 2.43. The number of fused-ring (bicyclic) bond motifs is 1. The van der Waals surface area contributed by atoms with Crippen LogP contribution in [-0.4, -0.2) is 27.0 Å². The molecule has 3 aliphatic rings. The predicted octanol–water partition coefficient (Wildman–Crippen LogP) is 6.04. The first-order valence-electron chi connectivity index (χ1n) is 11.2. The Labute approximate surface area is 193 Å². The minimum atomic E-state index is -1.32. The summed E-state index contributed by atoms with van der Waals surface area (Å²) in [6.07, 6.45) is 17.5. The van der Waals surface area contributed by atoms with Crippen molar-refractivity contribution in [2.24, 2.45) is 11.8 Å². The predicted molar refractivity (Wildman–Crippen MR) is 125 cm³/mol. The fraction of sp³-hybridized carbons (Fsp3) is 0.480. The van der Waals surface area contributed by atoms with Gasteiger partial charge in [0.25, 0.3) is 0 Å². The standard InChI is InChI=1S/C25H32FNO4S/c1-3-22(26)24(31-2)13-7-9-18-8-6-10-20(16-18)32(30)27-17-19(14-15-25(28)29)21-11-4-5-12-23(21)27/h3-5,10,12,17-18,21H,1,6-9,11,13-16H2,2H3,(H,28,29)/b24-22-. The van der Waals surface area contributed by atoms with Gasteiger partial charge in [0.1, 0.15) is 17.1 Å². The molecule has 0 aromatic heterocycles. The molecule has 5 nitrogen and oxygen atoms in total. The van der Waals surface area contributed by atoms with Gasteiger partial charge in [0.15, 0.2) is 10.7 Å². The molecule has 0 saturated carbocycles. The van der Waals surface area contributed by atoms with E-state index in [1.807, 2.05) is 22.7 Å². The summed E-state index contributed by atoms with van der Waals surface area (Å²) in [4.78, 5) is 12.0.